The molecule has 1 N–H and O–H groups in total. The molecule has 0 amide bonds. The number of hydrogen-bond acceptors (Lipinski definition) is 5. The molecule has 0 bridgehead atoms. The van der Waals surface area contributed by atoms with Gasteiger partial charge in [0.1, 0.15) is 5.58 Å². The van der Waals surface area contributed by atoms with Gasteiger partial charge in [0, 0.05) is 7.05 Å². The quantitative estimate of drug-likeness (QED) is 0.615. The number of nitro groups is 1. The van der Waals surface area contributed by atoms with Gasteiger partial charge in [0.05, 0.1) is 10.3 Å². The maximum absolute atomic E-state index is 11.8. The summed E-state index contributed by atoms with van der Waals surface area (Å²) in [6, 6.07) is 6.40. The van der Waals surface area contributed by atoms with E-state index in [1.807, 2.05) is 0 Å². The average Bonchev–Trinajstić information content (AvgIpc) is 2.28. The molecule has 6 heteroatoms. The summed E-state index contributed by atoms with van der Waals surface area (Å²) in [6.45, 7) is 0. The lowest BCUT2D eigenvalue weighted by molar-refractivity contribution is -0.385. The van der Waals surface area contributed by atoms with Crippen LogP contribution in [0.25, 0.3) is 11.0 Å². The number of para-hydroxylation sites is 1. The largest absolute Gasteiger partial charge is 0.434 e. The van der Waals surface area contributed by atoms with Crippen LogP contribution in [0.5, 0.6) is 0 Å². The van der Waals surface area contributed by atoms with Gasteiger partial charge in [0.25, 0.3) is 11.3 Å². The third-order valence-electron chi connectivity index (χ3n) is 2.18. The van der Waals surface area contributed by atoms with Crippen molar-refractivity contribution in [3.05, 3.63) is 44.6 Å². The van der Waals surface area contributed by atoms with Gasteiger partial charge in [-0.3, -0.25) is 14.9 Å². The van der Waals surface area contributed by atoms with Crippen molar-refractivity contribution in [1.82, 2.24) is 0 Å². The van der Waals surface area contributed by atoms with Gasteiger partial charge < -0.3 is 9.73 Å². The molecule has 0 aliphatic carbocycles. The minimum absolute atomic E-state index is 0.131. The molecule has 6 nitrogen and oxygen atoms in total. The second kappa shape index (κ2) is 3.65. The summed E-state index contributed by atoms with van der Waals surface area (Å²) in [7, 11) is 1.46. The zero-order valence-electron chi connectivity index (χ0n) is 8.39. The summed E-state index contributed by atoms with van der Waals surface area (Å²) in [4.78, 5) is 21.8. The van der Waals surface area contributed by atoms with Crippen molar-refractivity contribution in [2.45, 2.75) is 0 Å². The van der Waals surface area contributed by atoms with E-state index in [2.05, 4.69) is 5.32 Å². The molecule has 0 aliphatic rings. The van der Waals surface area contributed by atoms with Gasteiger partial charge in [-0.1, -0.05) is 12.1 Å². The van der Waals surface area contributed by atoms with Gasteiger partial charge in [-0.25, -0.2) is 0 Å². The predicted octanol–water partition coefficient (Wildman–Crippen LogP) is 1.74. The third-order valence-corrected chi connectivity index (χ3v) is 2.18. The Morgan fingerprint density at radius 2 is 2.06 bits per heavy atom. The Balaban J connectivity index is 2.94. The van der Waals surface area contributed by atoms with Crippen molar-refractivity contribution in [3.63, 3.8) is 0 Å². The van der Waals surface area contributed by atoms with Crippen molar-refractivity contribution in [3.8, 4) is 0 Å². The molecule has 0 atom stereocenters. The number of hydrogen-bond donors (Lipinski definition) is 1. The summed E-state index contributed by atoms with van der Waals surface area (Å²) in [5, 5.41) is 13.5. The molecule has 0 aliphatic heterocycles. The highest BCUT2D eigenvalue weighted by atomic mass is 16.6. The van der Waals surface area contributed by atoms with Crippen molar-refractivity contribution in [1.29, 1.82) is 0 Å². The fraction of sp³-hybridized carbons (Fsp3) is 0.100. The van der Waals surface area contributed by atoms with Gasteiger partial charge >= 0.3 is 5.69 Å². The van der Waals surface area contributed by atoms with Crippen LogP contribution in [0.15, 0.2) is 33.5 Å². The highest BCUT2D eigenvalue weighted by molar-refractivity contribution is 5.81. The van der Waals surface area contributed by atoms with E-state index in [4.69, 9.17) is 4.42 Å². The van der Waals surface area contributed by atoms with E-state index in [-0.39, 0.29) is 11.3 Å². The molecule has 0 saturated carbocycles. The lowest BCUT2D eigenvalue weighted by Crippen LogP contribution is -2.11. The van der Waals surface area contributed by atoms with Crippen molar-refractivity contribution < 1.29 is 9.34 Å². The summed E-state index contributed by atoms with van der Waals surface area (Å²) in [6.07, 6.45) is 0. The van der Waals surface area contributed by atoms with Crippen LogP contribution >= 0.6 is 0 Å². The number of nitrogens with one attached hydrogen (secondary N) is 1. The van der Waals surface area contributed by atoms with E-state index in [9.17, 15) is 14.9 Å². The van der Waals surface area contributed by atoms with Gasteiger partial charge in [0.2, 0.25) is 0 Å². The fourth-order valence-electron chi connectivity index (χ4n) is 1.47. The highest BCUT2D eigenvalue weighted by Gasteiger charge is 2.23. The summed E-state index contributed by atoms with van der Waals surface area (Å²) >= 11 is 0. The molecular weight excluding hydrogens is 212 g/mol. The highest BCUT2D eigenvalue weighted by Crippen LogP contribution is 2.24. The van der Waals surface area contributed by atoms with Crippen LogP contribution < -0.4 is 10.7 Å². The van der Waals surface area contributed by atoms with Crippen LogP contribution in [-0.2, 0) is 0 Å². The Morgan fingerprint density at radius 3 is 2.69 bits per heavy atom. The number of benzene rings is 1. The smallest absolute Gasteiger partial charge is 0.376 e. The molecule has 1 aromatic heterocycles. The van der Waals surface area contributed by atoms with Crippen molar-refractivity contribution in [2.24, 2.45) is 0 Å². The molecule has 0 saturated heterocycles. The first-order chi connectivity index (χ1) is 7.65. The molecular formula is C10H8N2O4. The zero-order valence-corrected chi connectivity index (χ0v) is 8.39. The van der Waals surface area contributed by atoms with Crippen LogP contribution in [0.3, 0.4) is 0 Å². The molecule has 2 rings (SSSR count). The molecule has 0 spiro atoms. The predicted molar refractivity (Wildman–Crippen MR) is 58.7 cm³/mol. The Bertz CT molecular complexity index is 618. The second-order valence-electron chi connectivity index (χ2n) is 3.11. The van der Waals surface area contributed by atoms with Crippen molar-refractivity contribution in [2.75, 3.05) is 12.4 Å². The summed E-state index contributed by atoms with van der Waals surface area (Å²) in [5.41, 5.74) is -0.889. The lowest BCUT2D eigenvalue weighted by atomic mass is 10.2. The number of rotatable bonds is 2. The van der Waals surface area contributed by atoms with Gasteiger partial charge in [0.15, 0.2) is 0 Å². The number of anilines is 1. The molecule has 82 valence electrons. The molecule has 1 heterocycles. The minimum atomic E-state index is -0.746. The Hall–Kier alpha value is -2.37. The standard InChI is InChI=1S/C10H8N2O4/c1-11-10-8(12(14)15)9(13)6-4-2-3-5-7(6)16-10/h2-5,11H,1H3. The first-order valence-corrected chi connectivity index (χ1v) is 4.53. The van der Waals surface area contributed by atoms with Crippen LogP contribution in [0, 0.1) is 10.1 Å². The number of fused-ring (bicyclic) bond motifs is 1. The Labute approximate surface area is 89.6 Å². The monoisotopic (exact) mass is 220 g/mol. The van der Waals surface area contributed by atoms with Crippen molar-refractivity contribution >= 4 is 22.5 Å². The summed E-state index contributed by atoms with van der Waals surface area (Å²) < 4.78 is 5.23. The van der Waals surface area contributed by atoms with Crippen LogP contribution in [0.1, 0.15) is 0 Å². The molecule has 1 aromatic carbocycles. The molecule has 0 fully saturated rings. The summed E-state index contributed by atoms with van der Waals surface area (Å²) in [5.74, 6) is -0.131. The van der Waals surface area contributed by atoms with E-state index in [0.29, 0.717) is 5.58 Å². The van der Waals surface area contributed by atoms with Gasteiger partial charge in [-0.05, 0) is 12.1 Å². The van der Waals surface area contributed by atoms with Crippen LogP contribution in [0.2, 0.25) is 0 Å². The Morgan fingerprint density at radius 1 is 1.38 bits per heavy atom. The van der Waals surface area contributed by atoms with Gasteiger partial charge in [-0.15, -0.1) is 0 Å². The average molecular weight is 220 g/mol. The molecule has 2 aromatic rings. The Kier molecular flexibility index (Phi) is 2.32. The van der Waals surface area contributed by atoms with E-state index in [1.54, 1.807) is 18.2 Å². The molecule has 16 heavy (non-hydrogen) atoms. The SMILES string of the molecule is CNc1oc2ccccc2c(=O)c1[N+](=O)[O-]. The molecule has 0 radical (unpaired) electrons. The first-order valence-electron chi connectivity index (χ1n) is 4.53. The molecule has 0 unspecified atom stereocenters. The normalized spacial score (nSPS) is 10.3. The lowest BCUT2D eigenvalue weighted by Gasteiger charge is -2.02. The van der Waals surface area contributed by atoms with E-state index in [1.165, 1.54) is 13.1 Å². The van der Waals surface area contributed by atoms with Crippen LogP contribution in [0.4, 0.5) is 11.6 Å². The minimum Gasteiger partial charge on any atom is -0.434 e. The second-order valence-corrected chi connectivity index (χ2v) is 3.11. The zero-order chi connectivity index (χ0) is 11.7. The van der Waals surface area contributed by atoms with Gasteiger partial charge in [-0.2, -0.15) is 0 Å². The maximum Gasteiger partial charge on any atom is 0.376 e. The van der Waals surface area contributed by atoms with E-state index in [0.717, 1.165) is 0 Å². The topological polar surface area (TPSA) is 85.4 Å². The first kappa shape index (κ1) is 10.2. The van der Waals surface area contributed by atoms with E-state index >= 15 is 0 Å². The maximum atomic E-state index is 11.8. The third kappa shape index (κ3) is 1.40. The van der Waals surface area contributed by atoms with Crippen LogP contribution in [-0.4, -0.2) is 12.0 Å². The number of nitrogens with zero attached hydrogens (tertiary/aromatic N) is 1. The van der Waals surface area contributed by atoms with E-state index < -0.39 is 16.0 Å². The fourth-order valence-corrected chi connectivity index (χ4v) is 1.47.